The molecule has 1 aliphatic heterocycles. The number of nitrogens with zero attached hydrogens (tertiary/aromatic N) is 2. The molecule has 0 bridgehead atoms. The lowest BCUT2D eigenvalue weighted by atomic mass is 10.1. The first-order valence-electron chi connectivity index (χ1n) is 9.98. The van der Waals surface area contributed by atoms with Crippen LogP contribution in [0.3, 0.4) is 0 Å². The van der Waals surface area contributed by atoms with Gasteiger partial charge in [0, 0.05) is 42.0 Å². The molecule has 2 heterocycles. The number of benzene rings is 2. The number of amides is 2. The van der Waals surface area contributed by atoms with Crippen molar-refractivity contribution in [1.82, 2.24) is 10.2 Å². The lowest BCUT2D eigenvalue weighted by Gasteiger charge is -2.18. The third-order valence-electron chi connectivity index (χ3n) is 5.28. The first-order valence-corrected chi connectivity index (χ1v) is 9.98. The molecule has 0 radical (unpaired) electrons. The zero-order valence-corrected chi connectivity index (χ0v) is 17.6. The predicted octanol–water partition coefficient (Wildman–Crippen LogP) is 2.45. The molecule has 0 saturated carbocycles. The molecule has 0 spiro atoms. The van der Waals surface area contributed by atoms with E-state index in [2.05, 4.69) is 15.5 Å². The summed E-state index contributed by atoms with van der Waals surface area (Å²) in [5.41, 5.74) is 2.26. The molecule has 0 aliphatic carbocycles. The molecule has 4 rings (SSSR count). The number of H-pyrrole nitrogens is 1. The van der Waals surface area contributed by atoms with Crippen LogP contribution in [-0.4, -0.2) is 42.8 Å². The highest BCUT2D eigenvalue weighted by Gasteiger charge is 2.35. The number of methoxy groups -OCH3 is 2. The Balaban J connectivity index is 1.47. The van der Waals surface area contributed by atoms with Crippen LogP contribution in [0.15, 0.2) is 59.4 Å². The number of hydrogen-bond acceptors (Lipinski definition) is 6. The maximum atomic E-state index is 12.9. The molecule has 1 fully saturated rings. The van der Waals surface area contributed by atoms with Gasteiger partial charge in [-0.3, -0.25) is 14.4 Å². The smallest absolute Gasteiger partial charge is 0.264 e. The van der Waals surface area contributed by atoms with E-state index in [1.54, 1.807) is 54.5 Å². The number of carbonyl (C=O) groups is 2. The maximum Gasteiger partial charge on any atom is 0.264 e. The normalized spacial score (nSPS) is 15.5. The van der Waals surface area contributed by atoms with E-state index in [0.717, 1.165) is 5.56 Å². The summed E-state index contributed by atoms with van der Waals surface area (Å²) in [6, 6.07) is 15.3. The summed E-state index contributed by atoms with van der Waals surface area (Å²) < 4.78 is 10.6. The van der Waals surface area contributed by atoms with Gasteiger partial charge in [0.05, 0.1) is 25.8 Å². The van der Waals surface area contributed by atoms with Crippen LogP contribution in [0.5, 0.6) is 11.5 Å². The molecule has 9 heteroatoms. The molecule has 164 valence electrons. The Hall–Kier alpha value is -4.14. The van der Waals surface area contributed by atoms with Crippen molar-refractivity contribution in [1.29, 1.82) is 0 Å². The van der Waals surface area contributed by atoms with Crippen molar-refractivity contribution >= 4 is 23.2 Å². The van der Waals surface area contributed by atoms with Crippen LogP contribution < -0.4 is 25.2 Å². The molecular formula is C23H22N4O5. The van der Waals surface area contributed by atoms with E-state index in [1.807, 2.05) is 6.07 Å². The van der Waals surface area contributed by atoms with Gasteiger partial charge < -0.3 is 19.7 Å². The summed E-state index contributed by atoms with van der Waals surface area (Å²) in [5.74, 6) is 0.203. The second-order valence-corrected chi connectivity index (χ2v) is 7.32. The van der Waals surface area contributed by atoms with Gasteiger partial charge in [0.15, 0.2) is 11.5 Å². The Morgan fingerprint density at radius 2 is 1.88 bits per heavy atom. The molecule has 3 aromatic rings. The molecule has 1 aliphatic rings. The van der Waals surface area contributed by atoms with E-state index in [1.165, 1.54) is 13.2 Å². The van der Waals surface area contributed by atoms with Crippen molar-refractivity contribution in [3.8, 4) is 22.8 Å². The highest BCUT2D eigenvalue weighted by atomic mass is 16.5. The molecule has 9 nitrogen and oxygen atoms in total. The van der Waals surface area contributed by atoms with Crippen molar-refractivity contribution in [2.75, 3.05) is 31.0 Å². The molecular weight excluding hydrogens is 412 g/mol. The second-order valence-electron chi connectivity index (χ2n) is 7.32. The summed E-state index contributed by atoms with van der Waals surface area (Å²) >= 11 is 0. The molecule has 1 atom stereocenters. The zero-order chi connectivity index (χ0) is 22.7. The van der Waals surface area contributed by atoms with Crippen molar-refractivity contribution in [2.24, 2.45) is 5.92 Å². The number of aromatic amines is 1. The molecule has 32 heavy (non-hydrogen) atoms. The Morgan fingerprint density at radius 3 is 2.59 bits per heavy atom. The Kier molecular flexibility index (Phi) is 5.89. The molecule has 2 amide bonds. The van der Waals surface area contributed by atoms with Crippen molar-refractivity contribution < 1.29 is 19.1 Å². The van der Waals surface area contributed by atoms with Gasteiger partial charge in [-0.05, 0) is 30.3 Å². The topological polar surface area (TPSA) is 114 Å². The monoisotopic (exact) mass is 434 g/mol. The zero-order valence-electron chi connectivity index (χ0n) is 17.6. The number of rotatable bonds is 6. The van der Waals surface area contributed by atoms with E-state index in [-0.39, 0.29) is 30.3 Å². The highest BCUT2D eigenvalue weighted by molar-refractivity contribution is 6.03. The van der Waals surface area contributed by atoms with Crippen LogP contribution in [0.2, 0.25) is 0 Å². The van der Waals surface area contributed by atoms with Gasteiger partial charge in [0.25, 0.3) is 5.56 Å². The lowest BCUT2D eigenvalue weighted by molar-refractivity contribution is -0.122. The quantitative estimate of drug-likeness (QED) is 0.616. The van der Waals surface area contributed by atoms with Crippen LogP contribution in [0.25, 0.3) is 11.3 Å². The minimum absolute atomic E-state index is 0.112. The average molecular weight is 434 g/mol. The summed E-state index contributed by atoms with van der Waals surface area (Å²) in [6.07, 6.45) is 0.112. The first kappa shape index (κ1) is 21.1. The molecule has 1 aromatic heterocycles. The van der Waals surface area contributed by atoms with Crippen molar-refractivity contribution in [3.05, 3.63) is 65.0 Å². The van der Waals surface area contributed by atoms with Gasteiger partial charge >= 0.3 is 0 Å². The van der Waals surface area contributed by atoms with Crippen LogP contribution in [0, 0.1) is 5.92 Å². The van der Waals surface area contributed by atoms with Crippen molar-refractivity contribution in [2.45, 2.75) is 6.42 Å². The van der Waals surface area contributed by atoms with Gasteiger partial charge in [-0.1, -0.05) is 12.1 Å². The summed E-state index contributed by atoms with van der Waals surface area (Å²) in [7, 11) is 3.07. The predicted molar refractivity (Wildman–Crippen MR) is 119 cm³/mol. The van der Waals surface area contributed by atoms with E-state index >= 15 is 0 Å². The van der Waals surface area contributed by atoms with Gasteiger partial charge in [-0.15, -0.1) is 0 Å². The third-order valence-corrected chi connectivity index (χ3v) is 5.28. The Morgan fingerprint density at radius 1 is 1.06 bits per heavy atom. The van der Waals surface area contributed by atoms with Gasteiger partial charge in [0.1, 0.15) is 0 Å². The van der Waals surface area contributed by atoms with E-state index < -0.39 is 5.92 Å². The largest absolute Gasteiger partial charge is 0.493 e. The number of ether oxygens (including phenoxy) is 2. The Bertz CT molecular complexity index is 1200. The SMILES string of the molecule is COc1ccc(N2C[C@@H](C(=O)Nc3cccc(-c4ccc(=O)[nH]n4)c3)CC2=O)cc1OC. The van der Waals surface area contributed by atoms with Gasteiger partial charge in [-0.2, -0.15) is 5.10 Å². The number of aromatic nitrogens is 2. The first-order chi connectivity index (χ1) is 15.5. The van der Waals surface area contributed by atoms with Gasteiger partial charge in [-0.25, -0.2) is 5.10 Å². The second kappa shape index (κ2) is 8.93. The van der Waals surface area contributed by atoms with E-state index in [4.69, 9.17) is 9.47 Å². The van der Waals surface area contributed by atoms with Crippen LogP contribution >= 0.6 is 0 Å². The van der Waals surface area contributed by atoms with Crippen molar-refractivity contribution in [3.63, 3.8) is 0 Å². The molecule has 1 saturated heterocycles. The minimum Gasteiger partial charge on any atom is -0.493 e. The number of carbonyl (C=O) groups excluding carboxylic acids is 2. The van der Waals surface area contributed by atoms with Crippen LogP contribution in [0.4, 0.5) is 11.4 Å². The van der Waals surface area contributed by atoms with Crippen LogP contribution in [0.1, 0.15) is 6.42 Å². The minimum atomic E-state index is -0.495. The average Bonchev–Trinajstić information content (AvgIpc) is 3.21. The molecule has 0 unspecified atom stereocenters. The van der Waals surface area contributed by atoms with E-state index in [0.29, 0.717) is 28.6 Å². The number of anilines is 2. The molecule has 2 N–H and O–H groups in total. The number of nitrogens with one attached hydrogen (secondary N) is 2. The van der Waals surface area contributed by atoms with Gasteiger partial charge in [0.2, 0.25) is 11.8 Å². The Labute approximate surface area is 184 Å². The highest BCUT2D eigenvalue weighted by Crippen LogP contribution is 2.34. The summed E-state index contributed by atoms with van der Waals surface area (Å²) in [4.78, 5) is 38.2. The standard InChI is InChI=1S/C23H22N4O5/c1-31-19-8-6-17(12-20(19)32-2)27-13-15(11-22(27)29)23(30)24-16-5-3-4-14(10-16)18-7-9-21(28)26-25-18/h3-10,12,15H,11,13H2,1-2H3,(H,24,30)(H,26,28)/t15-/m0/s1. The summed E-state index contributed by atoms with van der Waals surface area (Å²) in [6.45, 7) is 0.265. The summed E-state index contributed by atoms with van der Waals surface area (Å²) in [5, 5.41) is 9.27. The fourth-order valence-corrected chi connectivity index (χ4v) is 3.63. The molecule has 2 aromatic carbocycles. The fourth-order valence-electron chi connectivity index (χ4n) is 3.63. The number of hydrogen-bond donors (Lipinski definition) is 2. The lowest BCUT2D eigenvalue weighted by Crippen LogP contribution is -2.28. The fraction of sp³-hybridized carbons (Fsp3) is 0.217. The maximum absolute atomic E-state index is 12.9. The third kappa shape index (κ3) is 4.31. The van der Waals surface area contributed by atoms with Crippen LogP contribution in [-0.2, 0) is 9.59 Å². The van der Waals surface area contributed by atoms with E-state index in [9.17, 15) is 14.4 Å².